The highest BCUT2D eigenvalue weighted by Crippen LogP contribution is 2.17. The molecule has 0 fully saturated rings. The number of aromatic nitrogens is 2. The van der Waals surface area contributed by atoms with Crippen LogP contribution in [0.2, 0.25) is 0 Å². The molecular formula is C18H18F2N4. The predicted octanol–water partition coefficient (Wildman–Crippen LogP) is 4.34. The molecular weight excluding hydrogens is 310 g/mol. The van der Waals surface area contributed by atoms with E-state index < -0.39 is 11.6 Å². The lowest BCUT2D eigenvalue weighted by Crippen LogP contribution is -2.03. The maximum Gasteiger partial charge on any atom is 0.161 e. The molecule has 3 aromatic rings. The molecule has 0 saturated heterocycles. The van der Waals surface area contributed by atoms with Crippen LogP contribution in [0.5, 0.6) is 0 Å². The average Bonchev–Trinajstić information content (AvgIpc) is 2.60. The largest absolute Gasteiger partial charge is 0.385 e. The summed E-state index contributed by atoms with van der Waals surface area (Å²) in [5.41, 5.74) is 2.82. The molecule has 0 aliphatic carbocycles. The molecule has 0 bridgehead atoms. The fourth-order valence-electron chi connectivity index (χ4n) is 2.30. The fourth-order valence-corrected chi connectivity index (χ4v) is 2.30. The van der Waals surface area contributed by atoms with Crippen molar-refractivity contribution in [2.45, 2.75) is 19.9 Å². The van der Waals surface area contributed by atoms with Crippen LogP contribution in [-0.2, 0) is 6.54 Å². The number of halogens is 2. The summed E-state index contributed by atoms with van der Waals surface area (Å²) < 4.78 is 26.5. The van der Waals surface area contributed by atoms with Gasteiger partial charge in [-0.05, 0) is 24.1 Å². The Morgan fingerprint density at radius 3 is 2.38 bits per heavy atom. The van der Waals surface area contributed by atoms with Crippen molar-refractivity contribution in [2.24, 2.45) is 0 Å². The average molecular weight is 328 g/mol. The maximum absolute atomic E-state index is 13.3. The van der Waals surface area contributed by atoms with E-state index >= 15 is 0 Å². The van der Waals surface area contributed by atoms with E-state index in [0.717, 1.165) is 36.3 Å². The number of nitrogens with one attached hydrogen (secondary N) is 2. The van der Waals surface area contributed by atoms with E-state index in [1.54, 1.807) is 0 Å². The van der Waals surface area contributed by atoms with Crippen molar-refractivity contribution < 1.29 is 8.78 Å². The molecule has 0 saturated carbocycles. The number of rotatable bonds is 6. The van der Waals surface area contributed by atoms with E-state index in [1.807, 2.05) is 24.3 Å². The van der Waals surface area contributed by atoms with Gasteiger partial charge in [0.05, 0.1) is 17.2 Å². The van der Waals surface area contributed by atoms with E-state index in [9.17, 15) is 8.78 Å². The van der Waals surface area contributed by atoms with Crippen LogP contribution in [-0.4, -0.2) is 16.5 Å². The van der Waals surface area contributed by atoms with Crippen molar-refractivity contribution >= 4 is 22.5 Å². The van der Waals surface area contributed by atoms with Gasteiger partial charge in [0.15, 0.2) is 11.6 Å². The summed E-state index contributed by atoms with van der Waals surface area (Å²) in [5, 5.41) is 6.46. The Kier molecular flexibility index (Phi) is 4.84. The highest BCUT2D eigenvalue weighted by Gasteiger charge is 2.07. The lowest BCUT2D eigenvalue weighted by atomic mass is 10.2. The minimum absolute atomic E-state index is 0.318. The molecule has 1 aromatic heterocycles. The van der Waals surface area contributed by atoms with Gasteiger partial charge in [-0.1, -0.05) is 19.1 Å². The Labute approximate surface area is 139 Å². The van der Waals surface area contributed by atoms with Crippen LogP contribution in [0.4, 0.5) is 20.3 Å². The van der Waals surface area contributed by atoms with Crippen molar-refractivity contribution in [1.82, 2.24) is 9.97 Å². The summed E-state index contributed by atoms with van der Waals surface area (Å²) in [6.45, 7) is 3.63. The highest BCUT2D eigenvalue weighted by atomic mass is 19.2. The molecule has 24 heavy (non-hydrogen) atoms. The standard InChI is InChI=1S/C18H18F2N4/c1-2-7-21-13-5-3-12(4-6-13)10-23-18-11-22-16-8-14(19)15(20)9-17(16)24-18/h3-6,8-9,11,21H,2,7,10H2,1H3,(H,23,24). The van der Waals surface area contributed by atoms with Gasteiger partial charge in [-0.2, -0.15) is 0 Å². The van der Waals surface area contributed by atoms with Crippen LogP contribution in [0.25, 0.3) is 11.0 Å². The Bertz CT molecular complexity index is 834. The number of anilines is 2. The second-order valence-corrected chi connectivity index (χ2v) is 5.49. The third-order valence-corrected chi connectivity index (χ3v) is 3.59. The third-order valence-electron chi connectivity index (χ3n) is 3.59. The zero-order chi connectivity index (χ0) is 16.9. The minimum atomic E-state index is -0.927. The number of hydrogen-bond acceptors (Lipinski definition) is 4. The first-order chi connectivity index (χ1) is 11.7. The van der Waals surface area contributed by atoms with E-state index in [-0.39, 0.29) is 0 Å². The third kappa shape index (κ3) is 3.76. The summed E-state index contributed by atoms with van der Waals surface area (Å²) >= 11 is 0. The molecule has 3 rings (SSSR count). The van der Waals surface area contributed by atoms with Crippen molar-refractivity contribution in [1.29, 1.82) is 0 Å². The van der Waals surface area contributed by atoms with Gasteiger partial charge in [0, 0.05) is 30.9 Å². The summed E-state index contributed by atoms with van der Waals surface area (Å²) in [5.74, 6) is -1.33. The Morgan fingerprint density at radius 1 is 0.958 bits per heavy atom. The van der Waals surface area contributed by atoms with E-state index in [4.69, 9.17) is 0 Å². The number of benzene rings is 2. The van der Waals surface area contributed by atoms with Crippen LogP contribution in [0.15, 0.2) is 42.6 Å². The molecule has 0 spiro atoms. The van der Waals surface area contributed by atoms with E-state index in [1.165, 1.54) is 6.20 Å². The monoisotopic (exact) mass is 328 g/mol. The van der Waals surface area contributed by atoms with Gasteiger partial charge in [-0.25, -0.2) is 13.8 Å². The van der Waals surface area contributed by atoms with E-state index in [2.05, 4.69) is 27.5 Å². The Morgan fingerprint density at radius 2 is 1.67 bits per heavy atom. The molecule has 0 atom stereocenters. The second kappa shape index (κ2) is 7.21. The molecule has 2 aromatic carbocycles. The Balaban J connectivity index is 1.67. The lowest BCUT2D eigenvalue weighted by molar-refractivity contribution is 0.510. The summed E-state index contributed by atoms with van der Waals surface area (Å²) in [6, 6.07) is 10.2. The van der Waals surface area contributed by atoms with Gasteiger partial charge in [0.2, 0.25) is 0 Å². The molecule has 0 radical (unpaired) electrons. The van der Waals surface area contributed by atoms with Crippen LogP contribution in [0.1, 0.15) is 18.9 Å². The SMILES string of the molecule is CCCNc1ccc(CNc2cnc3cc(F)c(F)cc3n2)cc1. The van der Waals surface area contributed by atoms with Crippen molar-refractivity contribution in [3.05, 3.63) is 59.8 Å². The van der Waals surface area contributed by atoms with Crippen molar-refractivity contribution in [3.63, 3.8) is 0 Å². The molecule has 4 nitrogen and oxygen atoms in total. The number of fused-ring (bicyclic) bond motifs is 1. The smallest absolute Gasteiger partial charge is 0.161 e. The normalized spacial score (nSPS) is 10.8. The lowest BCUT2D eigenvalue weighted by Gasteiger charge is -2.08. The van der Waals surface area contributed by atoms with Gasteiger partial charge in [-0.3, -0.25) is 4.98 Å². The molecule has 6 heteroatoms. The molecule has 0 amide bonds. The molecule has 0 aliphatic heterocycles. The molecule has 124 valence electrons. The number of nitrogens with zero attached hydrogens (tertiary/aromatic N) is 2. The van der Waals surface area contributed by atoms with Crippen molar-refractivity contribution in [2.75, 3.05) is 17.2 Å². The first-order valence-corrected chi connectivity index (χ1v) is 7.84. The molecule has 1 heterocycles. The fraction of sp³-hybridized carbons (Fsp3) is 0.222. The first kappa shape index (κ1) is 16.1. The Hall–Kier alpha value is -2.76. The van der Waals surface area contributed by atoms with Crippen LogP contribution >= 0.6 is 0 Å². The van der Waals surface area contributed by atoms with Gasteiger partial charge in [0.25, 0.3) is 0 Å². The van der Waals surface area contributed by atoms with Gasteiger partial charge in [-0.15, -0.1) is 0 Å². The van der Waals surface area contributed by atoms with Crippen LogP contribution in [0, 0.1) is 11.6 Å². The van der Waals surface area contributed by atoms with Gasteiger partial charge < -0.3 is 10.6 Å². The van der Waals surface area contributed by atoms with Crippen LogP contribution in [0.3, 0.4) is 0 Å². The van der Waals surface area contributed by atoms with Crippen molar-refractivity contribution in [3.8, 4) is 0 Å². The predicted molar refractivity (Wildman–Crippen MR) is 92.0 cm³/mol. The number of hydrogen-bond donors (Lipinski definition) is 2. The summed E-state index contributed by atoms with van der Waals surface area (Å²) in [4.78, 5) is 8.36. The van der Waals surface area contributed by atoms with Crippen LogP contribution < -0.4 is 10.6 Å². The summed E-state index contributed by atoms with van der Waals surface area (Å²) in [7, 11) is 0. The zero-order valence-corrected chi connectivity index (χ0v) is 13.3. The first-order valence-electron chi connectivity index (χ1n) is 7.84. The molecule has 0 unspecified atom stereocenters. The molecule has 2 N–H and O–H groups in total. The minimum Gasteiger partial charge on any atom is -0.385 e. The maximum atomic E-state index is 13.3. The second-order valence-electron chi connectivity index (χ2n) is 5.49. The van der Waals surface area contributed by atoms with Gasteiger partial charge in [0.1, 0.15) is 5.82 Å². The molecule has 0 aliphatic rings. The highest BCUT2D eigenvalue weighted by molar-refractivity contribution is 5.75. The zero-order valence-electron chi connectivity index (χ0n) is 13.3. The summed E-state index contributed by atoms with van der Waals surface area (Å²) in [6.07, 6.45) is 2.59. The topological polar surface area (TPSA) is 49.8 Å². The quantitative estimate of drug-likeness (QED) is 0.706. The van der Waals surface area contributed by atoms with Gasteiger partial charge >= 0.3 is 0 Å². The van der Waals surface area contributed by atoms with E-state index in [0.29, 0.717) is 23.4 Å².